The molecule has 3 nitrogen and oxygen atoms in total. The number of phenolic OH excluding ortho intramolecular Hbond substituents is 2. The normalized spacial score (nSPS) is 15.2. The van der Waals surface area contributed by atoms with Gasteiger partial charge in [0.2, 0.25) is 0 Å². The van der Waals surface area contributed by atoms with Crippen molar-refractivity contribution in [2.75, 3.05) is 0 Å². The summed E-state index contributed by atoms with van der Waals surface area (Å²) in [5.74, 6) is 1.23. The standard InChI is InChI=1S/C19H20O3.C2H6/c1-19(2)10-9-17-14(11-16(21)12-18(17)22-19)6-3-13-4-7-15(20)8-5-13;1-2/h3-8,11-12,20-21H,9-10H2,1-2H3;1-2H3/b6-3+;. The second-order valence-electron chi connectivity index (χ2n) is 6.30. The van der Waals surface area contributed by atoms with Gasteiger partial charge in [-0.1, -0.05) is 38.1 Å². The molecule has 2 aromatic rings. The van der Waals surface area contributed by atoms with E-state index >= 15 is 0 Å². The molecule has 1 aliphatic heterocycles. The van der Waals surface area contributed by atoms with Crippen LogP contribution in [0.3, 0.4) is 0 Å². The summed E-state index contributed by atoms with van der Waals surface area (Å²) in [5.41, 5.74) is 2.90. The number of rotatable bonds is 2. The van der Waals surface area contributed by atoms with Gasteiger partial charge in [0, 0.05) is 11.6 Å². The van der Waals surface area contributed by atoms with Gasteiger partial charge in [-0.05, 0) is 56.0 Å². The second-order valence-corrected chi connectivity index (χ2v) is 6.30. The zero-order valence-corrected chi connectivity index (χ0v) is 14.8. The minimum atomic E-state index is -0.196. The maximum absolute atomic E-state index is 9.93. The van der Waals surface area contributed by atoms with Crippen LogP contribution >= 0.6 is 0 Å². The van der Waals surface area contributed by atoms with Crippen LogP contribution in [0.5, 0.6) is 17.2 Å². The average Bonchev–Trinajstić information content (AvgIpc) is 2.54. The molecule has 0 spiro atoms. The van der Waals surface area contributed by atoms with Crippen LogP contribution in [0, 0.1) is 0 Å². The van der Waals surface area contributed by atoms with Gasteiger partial charge in [-0.25, -0.2) is 0 Å². The van der Waals surface area contributed by atoms with E-state index in [4.69, 9.17) is 4.74 Å². The topological polar surface area (TPSA) is 49.7 Å². The van der Waals surface area contributed by atoms with Crippen molar-refractivity contribution in [2.45, 2.75) is 46.1 Å². The minimum absolute atomic E-state index is 0.196. The van der Waals surface area contributed by atoms with E-state index in [1.165, 1.54) is 0 Å². The van der Waals surface area contributed by atoms with Crippen LogP contribution in [-0.2, 0) is 6.42 Å². The number of phenols is 2. The van der Waals surface area contributed by atoms with Crippen LogP contribution in [0.1, 0.15) is 50.8 Å². The van der Waals surface area contributed by atoms with E-state index in [1.54, 1.807) is 24.3 Å². The quantitative estimate of drug-likeness (QED) is 0.727. The van der Waals surface area contributed by atoms with Crippen molar-refractivity contribution in [3.8, 4) is 17.2 Å². The van der Waals surface area contributed by atoms with Gasteiger partial charge < -0.3 is 14.9 Å². The first-order valence-corrected chi connectivity index (χ1v) is 8.45. The van der Waals surface area contributed by atoms with E-state index in [-0.39, 0.29) is 17.1 Å². The molecule has 24 heavy (non-hydrogen) atoms. The molecule has 0 aromatic heterocycles. The van der Waals surface area contributed by atoms with E-state index in [0.29, 0.717) is 0 Å². The fourth-order valence-electron chi connectivity index (χ4n) is 2.71. The van der Waals surface area contributed by atoms with Crippen LogP contribution in [0.2, 0.25) is 0 Å². The lowest BCUT2D eigenvalue weighted by atomic mass is 9.91. The van der Waals surface area contributed by atoms with Gasteiger partial charge in [-0.15, -0.1) is 0 Å². The van der Waals surface area contributed by atoms with Crippen molar-refractivity contribution in [2.24, 2.45) is 0 Å². The third-order valence-electron chi connectivity index (χ3n) is 3.94. The van der Waals surface area contributed by atoms with Crippen molar-refractivity contribution >= 4 is 12.2 Å². The second kappa shape index (κ2) is 7.43. The predicted molar refractivity (Wildman–Crippen MR) is 99.5 cm³/mol. The first-order chi connectivity index (χ1) is 11.4. The third kappa shape index (κ3) is 4.31. The van der Waals surface area contributed by atoms with E-state index < -0.39 is 0 Å². The molecule has 1 aliphatic rings. The molecule has 1 heterocycles. The predicted octanol–water partition coefficient (Wildman–Crippen LogP) is 5.40. The van der Waals surface area contributed by atoms with Crippen molar-refractivity contribution in [1.82, 2.24) is 0 Å². The van der Waals surface area contributed by atoms with Crippen molar-refractivity contribution in [1.29, 1.82) is 0 Å². The average molecular weight is 326 g/mol. The zero-order valence-electron chi connectivity index (χ0n) is 14.8. The zero-order chi connectivity index (χ0) is 17.7. The monoisotopic (exact) mass is 326 g/mol. The minimum Gasteiger partial charge on any atom is -0.508 e. The molecule has 3 rings (SSSR count). The summed E-state index contributed by atoms with van der Waals surface area (Å²) in [6, 6.07) is 10.5. The van der Waals surface area contributed by atoms with Gasteiger partial charge in [0.15, 0.2) is 0 Å². The van der Waals surface area contributed by atoms with Crippen LogP contribution in [0.4, 0.5) is 0 Å². The smallest absolute Gasteiger partial charge is 0.127 e. The molecule has 0 fully saturated rings. The molecule has 2 aromatic carbocycles. The van der Waals surface area contributed by atoms with Crippen LogP contribution in [-0.4, -0.2) is 15.8 Å². The fourth-order valence-corrected chi connectivity index (χ4v) is 2.71. The number of fused-ring (bicyclic) bond motifs is 1. The van der Waals surface area contributed by atoms with Gasteiger partial charge >= 0.3 is 0 Å². The molecule has 0 unspecified atom stereocenters. The lowest BCUT2D eigenvalue weighted by molar-refractivity contribution is 0.0843. The summed E-state index contributed by atoms with van der Waals surface area (Å²) < 4.78 is 5.98. The van der Waals surface area contributed by atoms with Gasteiger partial charge in [0.25, 0.3) is 0 Å². The first kappa shape index (κ1) is 17.9. The van der Waals surface area contributed by atoms with E-state index in [1.807, 2.05) is 38.1 Å². The largest absolute Gasteiger partial charge is 0.508 e. The molecule has 2 N–H and O–H groups in total. The third-order valence-corrected chi connectivity index (χ3v) is 3.94. The Bertz CT molecular complexity index is 713. The summed E-state index contributed by atoms with van der Waals surface area (Å²) in [7, 11) is 0. The maximum atomic E-state index is 9.93. The van der Waals surface area contributed by atoms with Crippen LogP contribution < -0.4 is 4.74 Å². The number of ether oxygens (including phenoxy) is 1. The van der Waals surface area contributed by atoms with Crippen LogP contribution in [0.15, 0.2) is 36.4 Å². The number of hydrogen-bond donors (Lipinski definition) is 2. The van der Waals surface area contributed by atoms with Crippen molar-refractivity contribution in [3.63, 3.8) is 0 Å². The molecular weight excluding hydrogens is 300 g/mol. The Morgan fingerprint density at radius 3 is 2.29 bits per heavy atom. The molecule has 0 saturated carbocycles. The summed E-state index contributed by atoms with van der Waals surface area (Å²) in [5, 5.41) is 19.2. The lowest BCUT2D eigenvalue weighted by Crippen LogP contribution is -2.32. The summed E-state index contributed by atoms with van der Waals surface area (Å²) >= 11 is 0. The van der Waals surface area contributed by atoms with Gasteiger partial charge in [-0.3, -0.25) is 0 Å². The summed E-state index contributed by atoms with van der Waals surface area (Å²) in [6.07, 6.45) is 5.82. The van der Waals surface area contributed by atoms with Gasteiger partial charge in [-0.2, -0.15) is 0 Å². The lowest BCUT2D eigenvalue weighted by Gasteiger charge is -2.33. The Morgan fingerprint density at radius 1 is 0.958 bits per heavy atom. The van der Waals surface area contributed by atoms with Gasteiger partial charge in [0.1, 0.15) is 22.8 Å². The molecular formula is C21H26O3. The molecule has 0 saturated heterocycles. The molecule has 0 radical (unpaired) electrons. The first-order valence-electron chi connectivity index (χ1n) is 8.45. The number of benzene rings is 2. The molecule has 0 amide bonds. The Kier molecular flexibility index (Phi) is 5.55. The number of hydrogen-bond acceptors (Lipinski definition) is 3. The number of aromatic hydroxyl groups is 2. The molecule has 0 aliphatic carbocycles. The fraction of sp³-hybridized carbons (Fsp3) is 0.333. The highest BCUT2D eigenvalue weighted by atomic mass is 16.5. The molecule has 0 atom stereocenters. The van der Waals surface area contributed by atoms with Gasteiger partial charge in [0.05, 0.1) is 0 Å². The summed E-state index contributed by atoms with van der Waals surface area (Å²) in [4.78, 5) is 0. The highest BCUT2D eigenvalue weighted by Crippen LogP contribution is 2.38. The Hall–Kier alpha value is -2.42. The summed E-state index contributed by atoms with van der Waals surface area (Å²) in [6.45, 7) is 8.12. The van der Waals surface area contributed by atoms with E-state index in [9.17, 15) is 10.2 Å². The Morgan fingerprint density at radius 2 is 1.62 bits per heavy atom. The molecule has 128 valence electrons. The van der Waals surface area contributed by atoms with Crippen LogP contribution in [0.25, 0.3) is 12.2 Å². The highest BCUT2D eigenvalue weighted by molar-refractivity contribution is 5.73. The van der Waals surface area contributed by atoms with Crippen molar-refractivity contribution < 1.29 is 14.9 Å². The van der Waals surface area contributed by atoms with E-state index in [2.05, 4.69) is 13.8 Å². The van der Waals surface area contributed by atoms with Crippen molar-refractivity contribution in [3.05, 3.63) is 53.1 Å². The Labute approximate surface area is 144 Å². The Balaban J connectivity index is 0.00000100. The molecule has 3 heteroatoms. The SMILES string of the molecule is CC.CC1(C)CCc2c(/C=C/c3ccc(O)cc3)cc(O)cc2O1. The highest BCUT2D eigenvalue weighted by Gasteiger charge is 2.28. The maximum Gasteiger partial charge on any atom is 0.127 e. The van der Waals surface area contributed by atoms with E-state index in [0.717, 1.165) is 35.3 Å². The molecule has 0 bridgehead atoms.